The number of carbonyl (C=O) groups excluding carboxylic acids is 1. The molecule has 7 heteroatoms. The number of amides is 1. The van der Waals surface area contributed by atoms with E-state index >= 15 is 0 Å². The molecule has 0 fully saturated rings. The maximum atomic E-state index is 13.1. The van der Waals surface area contributed by atoms with Gasteiger partial charge in [-0.15, -0.1) is 0 Å². The summed E-state index contributed by atoms with van der Waals surface area (Å²) in [5.74, 6) is 0.463. The van der Waals surface area contributed by atoms with Crippen LogP contribution in [0, 0.1) is 5.92 Å². The van der Waals surface area contributed by atoms with Crippen molar-refractivity contribution in [3.8, 4) is 0 Å². The Balaban J connectivity index is 1.98. The topological polar surface area (TPSA) is 92.8 Å². The number of benzene rings is 1. The molecule has 1 heterocycles. The Kier molecular flexibility index (Phi) is 11.2. The summed E-state index contributed by atoms with van der Waals surface area (Å²) < 4.78 is 26.3. The third kappa shape index (κ3) is 8.57. The monoisotopic (exact) mass is 463 g/mol. The van der Waals surface area contributed by atoms with Crippen LogP contribution in [0.1, 0.15) is 97.3 Å². The number of carbonyl (C=O) groups is 1. The summed E-state index contributed by atoms with van der Waals surface area (Å²) in [5, 5.41) is 5.25. The number of rotatable bonds is 16. The average Bonchev–Trinajstić information content (AvgIpc) is 3.11. The van der Waals surface area contributed by atoms with Crippen molar-refractivity contribution in [3.05, 3.63) is 24.3 Å². The SMILES string of the molecule is CCCCCCCC[C@H](CCCCCC)CS(=O)(=O)c1ccc(N2N=C(N)CC2=O)cc1. The number of hydrogen-bond donors (Lipinski definition) is 1. The Morgan fingerprint density at radius 1 is 0.906 bits per heavy atom. The Labute approximate surface area is 194 Å². The van der Waals surface area contributed by atoms with Crippen LogP contribution in [0.3, 0.4) is 0 Å². The summed E-state index contributed by atoms with van der Waals surface area (Å²) in [6.07, 6.45) is 14.0. The summed E-state index contributed by atoms with van der Waals surface area (Å²) in [4.78, 5) is 12.3. The van der Waals surface area contributed by atoms with Crippen LogP contribution in [-0.4, -0.2) is 25.9 Å². The zero-order valence-electron chi connectivity index (χ0n) is 19.9. The molecule has 1 aliphatic rings. The van der Waals surface area contributed by atoms with Crippen molar-refractivity contribution in [2.45, 2.75) is 102 Å². The predicted molar refractivity (Wildman–Crippen MR) is 132 cm³/mol. The van der Waals surface area contributed by atoms with Gasteiger partial charge in [-0.3, -0.25) is 4.79 Å². The number of sulfone groups is 1. The molecule has 1 atom stereocenters. The fourth-order valence-corrected chi connectivity index (χ4v) is 5.93. The maximum Gasteiger partial charge on any atom is 0.255 e. The molecule has 1 aliphatic heterocycles. The van der Waals surface area contributed by atoms with Gasteiger partial charge in [-0.05, 0) is 43.0 Å². The first-order chi connectivity index (χ1) is 15.4. The minimum atomic E-state index is -3.38. The van der Waals surface area contributed by atoms with E-state index in [-0.39, 0.29) is 29.8 Å². The van der Waals surface area contributed by atoms with Gasteiger partial charge in [0.2, 0.25) is 0 Å². The molecule has 0 spiro atoms. The molecule has 0 saturated carbocycles. The molecule has 0 saturated heterocycles. The van der Waals surface area contributed by atoms with Crippen LogP contribution in [0.5, 0.6) is 0 Å². The van der Waals surface area contributed by atoms with Crippen LogP contribution < -0.4 is 10.7 Å². The molecule has 0 bridgehead atoms. The summed E-state index contributed by atoms with van der Waals surface area (Å²) in [7, 11) is -3.38. The Bertz CT molecular complexity index is 834. The number of unbranched alkanes of at least 4 members (excludes halogenated alkanes) is 8. The van der Waals surface area contributed by atoms with Crippen molar-refractivity contribution in [2.75, 3.05) is 10.8 Å². The molecule has 180 valence electrons. The second-order valence-corrected chi connectivity index (χ2v) is 11.1. The van der Waals surface area contributed by atoms with Crippen molar-refractivity contribution < 1.29 is 13.2 Å². The van der Waals surface area contributed by atoms with Gasteiger partial charge in [-0.2, -0.15) is 10.1 Å². The number of anilines is 1. The maximum absolute atomic E-state index is 13.1. The molecule has 0 radical (unpaired) electrons. The molecule has 1 aromatic carbocycles. The fraction of sp³-hybridized carbons (Fsp3) is 0.680. The molecular weight excluding hydrogens is 422 g/mol. The predicted octanol–water partition coefficient (Wildman–Crippen LogP) is 5.81. The highest BCUT2D eigenvalue weighted by molar-refractivity contribution is 7.91. The highest BCUT2D eigenvalue weighted by atomic mass is 32.2. The third-order valence-corrected chi connectivity index (χ3v) is 8.03. The Hall–Kier alpha value is -1.89. The van der Waals surface area contributed by atoms with Gasteiger partial charge in [-0.1, -0.05) is 78.1 Å². The standard InChI is InChI=1S/C25H41N3O3S/c1-3-5-7-9-10-12-14-21(13-11-8-6-4-2)20-32(30,31)23-17-15-22(16-18-23)28-25(29)19-24(26)27-28/h15-18,21H,3-14,19-20H2,1-2H3,(H2,26,27)/t21-/m0/s1. The van der Waals surface area contributed by atoms with Gasteiger partial charge in [-0.25, -0.2) is 8.42 Å². The minimum Gasteiger partial charge on any atom is -0.385 e. The van der Waals surface area contributed by atoms with Gasteiger partial charge in [0, 0.05) is 0 Å². The molecule has 0 unspecified atom stereocenters. The average molecular weight is 464 g/mol. The molecule has 0 aromatic heterocycles. The smallest absolute Gasteiger partial charge is 0.255 e. The molecule has 32 heavy (non-hydrogen) atoms. The summed E-state index contributed by atoms with van der Waals surface area (Å²) >= 11 is 0. The van der Waals surface area contributed by atoms with E-state index in [2.05, 4.69) is 18.9 Å². The third-order valence-electron chi connectivity index (χ3n) is 6.12. The second-order valence-electron chi connectivity index (χ2n) is 9.02. The van der Waals surface area contributed by atoms with Crippen LogP contribution in [0.4, 0.5) is 5.69 Å². The molecular formula is C25H41N3O3S. The van der Waals surface area contributed by atoms with Crippen molar-refractivity contribution >= 4 is 27.3 Å². The normalized spacial score (nSPS) is 15.2. The molecule has 6 nitrogen and oxygen atoms in total. The van der Waals surface area contributed by atoms with E-state index in [0.29, 0.717) is 10.6 Å². The largest absolute Gasteiger partial charge is 0.385 e. The fourth-order valence-electron chi connectivity index (χ4n) is 4.24. The summed E-state index contributed by atoms with van der Waals surface area (Å²) in [6.45, 7) is 4.41. The van der Waals surface area contributed by atoms with E-state index in [0.717, 1.165) is 25.7 Å². The van der Waals surface area contributed by atoms with Gasteiger partial charge in [0.05, 0.1) is 22.8 Å². The first kappa shape index (κ1) is 26.4. The highest BCUT2D eigenvalue weighted by Crippen LogP contribution is 2.26. The van der Waals surface area contributed by atoms with Crippen molar-refractivity contribution in [3.63, 3.8) is 0 Å². The van der Waals surface area contributed by atoms with Gasteiger partial charge in [0.25, 0.3) is 5.91 Å². The number of amidine groups is 1. The summed E-state index contributed by atoms with van der Waals surface area (Å²) in [5.41, 5.74) is 6.17. The van der Waals surface area contributed by atoms with Crippen LogP contribution >= 0.6 is 0 Å². The van der Waals surface area contributed by atoms with Crippen molar-refractivity contribution in [1.29, 1.82) is 0 Å². The van der Waals surface area contributed by atoms with E-state index in [1.807, 2.05) is 0 Å². The lowest BCUT2D eigenvalue weighted by molar-refractivity contribution is -0.116. The molecule has 1 aromatic rings. The van der Waals surface area contributed by atoms with Crippen molar-refractivity contribution in [2.24, 2.45) is 16.8 Å². The number of hydrogen-bond acceptors (Lipinski definition) is 5. The molecule has 2 rings (SSSR count). The number of hydrazone groups is 1. The van der Waals surface area contributed by atoms with Crippen molar-refractivity contribution in [1.82, 2.24) is 0 Å². The van der Waals surface area contributed by atoms with Crippen LogP contribution in [0.15, 0.2) is 34.3 Å². The van der Waals surface area contributed by atoms with E-state index in [1.54, 1.807) is 24.3 Å². The molecule has 1 amide bonds. The first-order valence-corrected chi connectivity index (χ1v) is 14.0. The van der Waals surface area contributed by atoms with Gasteiger partial charge in [0.1, 0.15) is 5.84 Å². The quantitative estimate of drug-likeness (QED) is 0.313. The Morgan fingerprint density at radius 2 is 1.44 bits per heavy atom. The van der Waals surface area contributed by atoms with E-state index in [9.17, 15) is 13.2 Å². The van der Waals surface area contributed by atoms with E-state index < -0.39 is 9.84 Å². The zero-order chi connectivity index (χ0) is 23.4. The van der Waals surface area contributed by atoms with Crippen LogP contribution in [-0.2, 0) is 14.6 Å². The second kappa shape index (κ2) is 13.6. The molecule has 0 aliphatic carbocycles. The lowest BCUT2D eigenvalue weighted by atomic mass is 9.96. The van der Waals surface area contributed by atoms with E-state index in [1.165, 1.54) is 56.4 Å². The van der Waals surface area contributed by atoms with Crippen LogP contribution in [0.2, 0.25) is 0 Å². The first-order valence-electron chi connectivity index (χ1n) is 12.4. The summed E-state index contributed by atoms with van der Waals surface area (Å²) in [6, 6.07) is 6.44. The lowest BCUT2D eigenvalue weighted by Crippen LogP contribution is -2.20. The highest BCUT2D eigenvalue weighted by Gasteiger charge is 2.25. The number of nitrogens with two attached hydrogens (primary N) is 1. The molecule has 2 N–H and O–H groups in total. The van der Waals surface area contributed by atoms with Gasteiger partial charge in [0.15, 0.2) is 9.84 Å². The number of nitrogens with zero attached hydrogens (tertiary/aromatic N) is 2. The zero-order valence-corrected chi connectivity index (χ0v) is 20.7. The Morgan fingerprint density at radius 3 is 1.97 bits per heavy atom. The van der Waals surface area contributed by atoms with E-state index in [4.69, 9.17) is 5.73 Å². The minimum absolute atomic E-state index is 0.0954. The van der Waals surface area contributed by atoms with Crippen LogP contribution in [0.25, 0.3) is 0 Å². The lowest BCUT2D eigenvalue weighted by Gasteiger charge is -2.18. The van der Waals surface area contributed by atoms with Gasteiger partial charge >= 0.3 is 0 Å². The van der Waals surface area contributed by atoms with Gasteiger partial charge < -0.3 is 5.73 Å².